The highest BCUT2D eigenvalue weighted by Gasteiger charge is 2.22. The van der Waals surface area contributed by atoms with E-state index in [9.17, 15) is 14.7 Å². The van der Waals surface area contributed by atoms with Crippen molar-refractivity contribution in [3.63, 3.8) is 0 Å². The van der Waals surface area contributed by atoms with Crippen molar-refractivity contribution in [3.05, 3.63) is 16.1 Å². The number of carbonyl (C=O) groups is 2. The maximum absolute atomic E-state index is 11.9. The van der Waals surface area contributed by atoms with Crippen LogP contribution in [0.15, 0.2) is 5.38 Å². The van der Waals surface area contributed by atoms with Crippen LogP contribution in [0.4, 0.5) is 4.79 Å². The lowest BCUT2D eigenvalue weighted by molar-refractivity contribution is 0.0528. The van der Waals surface area contributed by atoms with Gasteiger partial charge in [-0.1, -0.05) is 0 Å². The fourth-order valence-corrected chi connectivity index (χ4v) is 2.39. The minimum Gasteiger partial charge on any atom is -0.476 e. The van der Waals surface area contributed by atoms with Crippen molar-refractivity contribution < 1.29 is 19.8 Å². The Labute approximate surface area is 121 Å². The third-order valence-corrected chi connectivity index (χ3v) is 3.45. The molecular weight excluding hydrogens is 282 g/mol. The summed E-state index contributed by atoms with van der Waals surface area (Å²) in [5.41, 5.74) is -1.01. The topological polar surface area (TPSA) is 103 Å². The van der Waals surface area contributed by atoms with Gasteiger partial charge >= 0.3 is 12.0 Å². The Balaban J connectivity index is 2.62. The van der Waals surface area contributed by atoms with E-state index in [0.29, 0.717) is 5.01 Å². The minimum absolute atomic E-state index is 0.0315. The van der Waals surface area contributed by atoms with E-state index in [0.717, 1.165) is 0 Å². The summed E-state index contributed by atoms with van der Waals surface area (Å²) in [7, 11) is 1.57. The maximum Gasteiger partial charge on any atom is 0.355 e. The molecule has 20 heavy (non-hydrogen) atoms. The first-order chi connectivity index (χ1) is 9.10. The molecule has 0 aliphatic carbocycles. The molecule has 0 fully saturated rings. The van der Waals surface area contributed by atoms with Crippen LogP contribution >= 0.6 is 11.3 Å². The SMILES string of the molecule is CC(NC(=O)N(C)CC(C)(C)O)c1nc(C(=O)O)cs1. The quantitative estimate of drug-likeness (QED) is 0.761. The summed E-state index contributed by atoms with van der Waals surface area (Å²) in [6.07, 6.45) is 0. The van der Waals surface area contributed by atoms with Gasteiger partial charge in [0, 0.05) is 12.4 Å². The van der Waals surface area contributed by atoms with Crippen LogP contribution in [0.5, 0.6) is 0 Å². The Morgan fingerprint density at radius 1 is 1.55 bits per heavy atom. The number of aromatic carboxylic acids is 1. The third-order valence-electron chi connectivity index (χ3n) is 2.42. The molecule has 1 heterocycles. The van der Waals surface area contributed by atoms with Crippen LogP contribution in [-0.4, -0.2) is 51.3 Å². The van der Waals surface area contributed by atoms with Gasteiger partial charge in [-0.3, -0.25) is 0 Å². The summed E-state index contributed by atoms with van der Waals surface area (Å²) in [6.45, 7) is 5.13. The van der Waals surface area contributed by atoms with E-state index in [4.69, 9.17) is 5.11 Å². The van der Waals surface area contributed by atoms with Crippen LogP contribution in [0, 0.1) is 0 Å². The van der Waals surface area contributed by atoms with E-state index >= 15 is 0 Å². The molecule has 0 saturated carbocycles. The molecule has 1 unspecified atom stereocenters. The molecular formula is C12H19N3O4S. The largest absolute Gasteiger partial charge is 0.476 e. The molecule has 2 amide bonds. The number of hydrogen-bond donors (Lipinski definition) is 3. The standard InChI is InChI=1S/C12H19N3O4S/c1-7(9-14-8(5-20-9)10(16)17)13-11(18)15(4)6-12(2,3)19/h5,7,19H,6H2,1-4H3,(H,13,18)(H,16,17). The zero-order valence-corrected chi connectivity index (χ0v) is 12.7. The predicted octanol–water partition coefficient (Wildman–Crippen LogP) is 1.31. The van der Waals surface area contributed by atoms with Crippen LogP contribution in [0.25, 0.3) is 0 Å². The van der Waals surface area contributed by atoms with Crippen LogP contribution in [0.1, 0.15) is 42.3 Å². The molecule has 7 nitrogen and oxygen atoms in total. The number of nitrogens with one attached hydrogen (secondary N) is 1. The van der Waals surface area contributed by atoms with Crippen molar-refractivity contribution in [2.24, 2.45) is 0 Å². The Hall–Kier alpha value is -1.67. The van der Waals surface area contributed by atoms with Gasteiger partial charge in [-0.2, -0.15) is 0 Å². The number of nitrogens with zero attached hydrogens (tertiary/aromatic N) is 2. The first kappa shape index (κ1) is 16.4. The Morgan fingerprint density at radius 3 is 2.60 bits per heavy atom. The summed E-state index contributed by atoms with van der Waals surface area (Å²) < 4.78 is 0. The maximum atomic E-state index is 11.9. The van der Waals surface area contributed by atoms with Crippen LogP contribution in [-0.2, 0) is 0 Å². The van der Waals surface area contributed by atoms with Crippen LogP contribution in [0.2, 0.25) is 0 Å². The van der Waals surface area contributed by atoms with E-state index in [1.165, 1.54) is 21.6 Å². The first-order valence-electron chi connectivity index (χ1n) is 6.03. The molecule has 3 N–H and O–H groups in total. The smallest absolute Gasteiger partial charge is 0.355 e. The van der Waals surface area contributed by atoms with Crippen LogP contribution in [0.3, 0.4) is 0 Å². The van der Waals surface area contributed by atoms with Gasteiger partial charge in [0.25, 0.3) is 0 Å². The van der Waals surface area contributed by atoms with Gasteiger partial charge in [-0.05, 0) is 20.8 Å². The molecule has 0 saturated heterocycles. The van der Waals surface area contributed by atoms with E-state index in [1.54, 1.807) is 27.8 Å². The summed E-state index contributed by atoms with van der Waals surface area (Å²) in [5.74, 6) is -1.09. The number of thiazole rings is 1. The predicted molar refractivity (Wildman–Crippen MR) is 74.9 cm³/mol. The van der Waals surface area contributed by atoms with Crippen molar-refractivity contribution >= 4 is 23.3 Å². The van der Waals surface area contributed by atoms with Gasteiger partial charge in [0.05, 0.1) is 18.2 Å². The van der Waals surface area contributed by atoms with E-state index in [2.05, 4.69) is 10.3 Å². The first-order valence-corrected chi connectivity index (χ1v) is 6.91. The Morgan fingerprint density at radius 2 is 2.15 bits per heavy atom. The van der Waals surface area contributed by atoms with Gasteiger partial charge < -0.3 is 20.4 Å². The number of carboxylic acids is 1. The average molecular weight is 301 g/mol. The monoisotopic (exact) mass is 301 g/mol. The zero-order chi connectivity index (χ0) is 15.5. The molecule has 0 aliphatic heterocycles. The molecule has 112 valence electrons. The average Bonchev–Trinajstić information content (AvgIpc) is 2.75. The van der Waals surface area contributed by atoms with E-state index in [-0.39, 0.29) is 18.3 Å². The molecule has 1 aromatic rings. The van der Waals surface area contributed by atoms with Gasteiger partial charge in [-0.25, -0.2) is 14.6 Å². The second-order valence-corrected chi connectivity index (χ2v) is 6.11. The molecule has 0 bridgehead atoms. The number of amides is 2. The lowest BCUT2D eigenvalue weighted by atomic mass is 10.1. The van der Waals surface area contributed by atoms with Crippen molar-refractivity contribution in [1.29, 1.82) is 0 Å². The molecule has 0 aromatic carbocycles. The number of hydrogen-bond acceptors (Lipinski definition) is 5. The summed E-state index contributed by atoms with van der Waals surface area (Å²) in [4.78, 5) is 28.0. The fraction of sp³-hybridized carbons (Fsp3) is 0.583. The molecule has 8 heteroatoms. The van der Waals surface area contributed by atoms with Crippen molar-refractivity contribution in [2.75, 3.05) is 13.6 Å². The van der Waals surface area contributed by atoms with Crippen molar-refractivity contribution in [1.82, 2.24) is 15.2 Å². The number of aromatic nitrogens is 1. The minimum atomic E-state index is -1.09. The van der Waals surface area contributed by atoms with Gasteiger partial charge in [0.2, 0.25) is 0 Å². The number of urea groups is 1. The van der Waals surface area contributed by atoms with Gasteiger partial charge in [0.1, 0.15) is 5.01 Å². The number of carbonyl (C=O) groups excluding carboxylic acids is 1. The zero-order valence-electron chi connectivity index (χ0n) is 11.9. The normalized spacial score (nSPS) is 12.8. The molecule has 0 aliphatic rings. The number of rotatable bonds is 5. The summed E-state index contributed by atoms with van der Waals surface area (Å²) in [5, 5.41) is 23.1. The van der Waals surface area contributed by atoms with E-state index < -0.39 is 17.6 Å². The molecule has 0 spiro atoms. The Kier molecular flexibility index (Phi) is 5.07. The van der Waals surface area contributed by atoms with Crippen molar-refractivity contribution in [2.45, 2.75) is 32.4 Å². The molecule has 1 aromatic heterocycles. The van der Waals surface area contributed by atoms with Crippen LogP contribution < -0.4 is 5.32 Å². The molecule has 1 rings (SSSR count). The number of carboxylic acid groups (broad SMARTS) is 1. The molecule has 1 atom stereocenters. The highest BCUT2D eigenvalue weighted by atomic mass is 32.1. The van der Waals surface area contributed by atoms with Gasteiger partial charge in [-0.15, -0.1) is 11.3 Å². The summed E-state index contributed by atoms with van der Waals surface area (Å²) >= 11 is 1.18. The van der Waals surface area contributed by atoms with E-state index in [1.807, 2.05) is 0 Å². The third kappa shape index (κ3) is 4.78. The van der Waals surface area contributed by atoms with Gasteiger partial charge in [0.15, 0.2) is 5.69 Å². The number of likely N-dealkylation sites (N-methyl/N-ethyl adjacent to an activating group) is 1. The lowest BCUT2D eigenvalue weighted by Gasteiger charge is -2.26. The fourth-order valence-electron chi connectivity index (χ4n) is 1.59. The Bertz CT molecular complexity index is 495. The van der Waals surface area contributed by atoms with Crippen molar-refractivity contribution in [3.8, 4) is 0 Å². The molecule has 0 radical (unpaired) electrons. The second kappa shape index (κ2) is 6.19. The highest BCUT2D eigenvalue weighted by molar-refractivity contribution is 7.09. The lowest BCUT2D eigenvalue weighted by Crippen LogP contribution is -2.45. The number of aliphatic hydroxyl groups is 1. The highest BCUT2D eigenvalue weighted by Crippen LogP contribution is 2.18. The summed E-state index contributed by atoms with van der Waals surface area (Å²) in [6, 6.07) is -0.753. The second-order valence-electron chi connectivity index (χ2n) is 5.22.